The summed E-state index contributed by atoms with van der Waals surface area (Å²) in [4.78, 5) is 33.6. The van der Waals surface area contributed by atoms with E-state index in [4.69, 9.17) is 0 Å². The molecular formula is C13H16N2O5S. The summed E-state index contributed by atoms with van der Waals surface area (Å²) in [5.74, 6) is -0.291. The van der Waals surface area contributed by atoms with E-state index in [1.807, 2.05) is 6.26 Å². The maximum atomic E-state index is 12.0. The summed E-state index contributed by atoms with van der Waals surface area (Å²) in [7, 11) is 1.26. The SMILES string of the molecule is COC(=O)[C@@H](CCSC)NC(=O)c1ccc([N+](=O)[O-])cc1. The first kappa shape index (κ1) is 17.0. The quantitative estimate of drug-likeness (QED) is 0.466. The second kappa shape index (κ2) is 8.25. The van der Waals surface area contributed by atoms with Gasteiger partial charge in [0, 0.05) is 17.7 Å². The van der Waals surface area contributed by atoms with Crippen LogP contribution < -0.4 is 5.32 Å². The van der Waals surface area contributed by atoms with Crippen LogP contribution in [-0.4, -0.2) is 42.0 Å². The molecule has 114 valence electrons. The van der Waals surface area contributed by atoms with Crippen LogP contribution in [0.1, 0.15) is 16.8 Å². The van der Waals surface area contributed by atoms with E-state index >= 15 is 0 Å². The van der Waals surface area contributed by atoms with Crippen molar-refractivity contribution >= 4 is 29.3 Å². The summed E-state index contributed by atoms with van der Waals surface area (Å²) < 4.78 is 4.64. The van der Waals surface area contributed by atoms with Crippen LogP contribution in [0.5, 0.6) is 0 Å². The van der Waals surface area contributed by atoms with E-state index in [1.54, 1.807) is 11.8 Å². The number of nitro groups is 1. The normalized spacial score (nSPS) is 11.5. The van der Waals surface area contributed by atoms with Crippen LogP contribution in [-0.2, 0) is 9.53 Å². The molecule has 1 N–H and O–H groups in total. The van der Waals surface area contributed by atoms with Gasteiger partial charge in [-0.05, 0) is 30.6 Å². The van der Waals surface area contributed by atoms with Crippen molar-refractivity contribution in [2.24, 2.45) is 0 Å². The van der Waals surface area contributed by atoms with Crippen LogP contribution in [0.2, 0.25) is 0 Å². The smallest absolute Gasteiger partial charge is 0.328 e. The Bertz CT molecular complexity index is 518. The standard InChI is InChI=1S/C13H16N2O5S/c1-20-13(17)11(7-8-21-2)14-12(16)9-3-5-10(6-4-9)15(18)19/h3-6,11H,7-8H2,1-2H3,(H,14,16)/t11-/m1/s1. The first-order valence-corrected chi connectivity index (χ1v) is 7.51. The molecule has 0 fully saturated rings. The highest BCUT2D eigenvalue weighted by molar-refractivity contribution is 7.98. The molecule has 1 aromatic carbocycles. The largest absolute Gasteiger partial charge is 0.467 e. The second-order valence-corrected chi connectivity index (χ2v) is 5.12. The summed E-state index contributed by atoms with van der Waals surface area (Å²) in [5, 5.41) is 13.1. The molecule has 0 aromatic heterocycles. The Hall–Kier alpha value is -2.09. The molecule has 1 amide bonds. The molecule has 1 atom stereocenters. The molecule has 0 saturated heterocycles. The van der Waals surface area contributed by atoms with Crippen LogP contribution in [0.15, 0.2) is 24.3 Å². The second-order valence-electron chi connectivity index (χ2n) is 4.13. The first-order valence-electron chi connectivity index (χ1n) is 6.11. The number of hydrogen-bond acceptors (Lipinski definition) is 6. The number of esters is 1. The van der Waals surface area contributed by atoms with E-state index in [1.165, 1.54) is 31.4 Å². The lowest BCUT2D eigenvalue weighted by atomic mass is 10.1. The predicted octanol–water partition coefficient (Wildman–Crippen LogP) is 1.62. The monoisotopic (exact) mass is 312 g/mol. The third-order valence-corrected chi connectivity index (χ3v) is 3.39. The predicted molar refractivity (Wildman–Crippen MR) is 79.4 cm³/mol. The number of hydrogen-bond donors (Lipinski definition) is 1. The lowest BCUT2D eigenvalue weighted by Gasteiger charge is -2.15. The highest BCUT2D eigenvalue weighted by Crippen LogP contribution is 2.12. The van der Waals surface area contributed by atoms with Gasteiger partial charge in [-0.3, -0.25) is 14.9 Å². The van der Waals surface area contributed by atoms with Gasteiger partial charge >= 0.3 is 5.97 Å². The zero-order chi connectivity index (χ0) is 15.8. The summed E-state index contributed by atoms with van der Waals surface area (Å²) in [6.07, 6.45) is 2.35. The van der Waals surface area contributed by atoms with E-state index in [-0.39, 0.29) is 11.3 Å². The van der Waals surface area contributed by atoms with Gasteiger partial charge in [0.25, 0.3) is 11.6 Å². The lowest BCUT2D eigenvalue weighted by Crippen LogP contribution is -2.41. The van der Waals surface area contributed by atoms with Crippen LogP contribution in [0.3, 0.4) is 0 Å². The molecule has 0 spiro atoms. The molecule has 7 nitrogen and oxygen atoms in total. The lowest BCUT2D eigenvalue weighted by molar-refractivity contribution is -0.384. The minimum absolute atomic E-state index is 0.0987. The topological polar surface area (TPSA) is 98.5 Å². The van der Waals surface area contributed by atoms with Gasteiger partial charge in [0.15, 0.2) is 0 Å². The molecule has 0 bridgehead atoms. The van der Waals surface area contributed by atoms with Crippen LogP contribution in [0.4, 0.5) is 5.69 Å². The van der Waals surface area contributed by atoms with Crippen molar-refractivity contribution in [2.45, 2.75) is 12.5 Å². The number of nitrogens with one attached hydrogen (secondary N) is 1. The number of nitrogens with zero attached hydrogens (tertiary/aromatic N) is 1. The molecule has 8 heteroatoms. The molecule has 0 heterocycles. The molecule has 0 aliphatic carbocycles. The fourth-order valence-corrected chi connectivity index (χ4v) is 2.07. The summed E-state index contributed by atoms with van der Waals surface area (Å²) in [5.41, 5.74) is 0.150. The van der Waals surface area contributed by atoms with Gasteiger partial charge in [-0.25, -0.2) is 4.79 Å². The van der Waals surface area contributed by atoms with Crippen LogP contribution in [0, 0.1) is 10.1 Å². The molecule has 1 rings (SSSR count). The number of methoxy groups -OCH3 is 1. The fraction of sp³-hybridized carbons (Fsp3) is 0.385. The van der Waals surface area contributed by atoms with Crippen molar-refractivity contribution in [1.29, 1.82) is 0 Å². The Morgan fingerprint density at radius 2 is 2.00 bits per heavy atom. The van der Waals surface area contributed by atoms with Crippen molar-refractivity contribution in [3.63, 3.8) is 0 Å². The number of carbonyl (C=O) groups is 2. The fourth-order valence-electron chi connectivity index (χ4n) is 1.60. The molecule has 1 aromatic rings. The molecule has 21 heavy (non-hydrogen) atoms. The number of thioether (sulfide) groups is 1. The van der Waals surface area contributed by atoms with Crippen molar-refractivity contribution in [1.82, 2.24) is 5.32 Å². The Balaban J connectivity index is 2.76. The number of rotatable bonds is 7. The van der Waals surface area contributed by atoms with E-state index in [0.717, 1.165) is 0 Å². The highest BCUT2D eigenvalue weighted by atomic mass is 32.2. The van der Waals surface area contributed by atoms with E-state index in [0.29, 0.717) is 12.2 Å². The Morgan fingerprint density at radius 3 is 2.48 bits per heavy atom. The number of carbonyl (C=O) groups excluding carboxylic acids is 2. The number of non-ortho nitro benzene ring substituents is 1. The summed E-state index contributed by atoms with van der Waals surface area (Å²) in [6, 6.07) is 4.44. The molecule has 0 radical (unpaired) electrons. The first-order chi connectivity index (χ1) is 9.99. The van der Waals surface area contributed by atoms with Gasteiger partial charge in [0.05, 0.1) is 12.0 Å². The highest BCUT2D eigenvalue weighted by Gasteiger charge is 2.21. The average molecular weight is 312 g/mol. The zero-order valence-corrected chi connectivity index (χ0v) is 12.5. The summed E-state index contributed by atoms with van der Waals surface area (Å²) in [6.45, 7) is 0. The summed E-state index contributed by atoms with van der Waals surface area (Å²) >= 11 is 1.55. The van der Waals surface area contributed by atoms with Crippen molar-refractivity contribution in [3.05, 3.63) is 39.9 Å². The van der Waals surface area contributed by atoms with E-state index in [9.17, 15) is 19.7 Å². The van der Waals surface area contributed by atoms with E-state index in [2.05, 4.69) is 10.1 Å². The molecule has 0 unspecified atom stereocenters. The Labute approximate surface area is 126 Å². The van der Waals surface area contributed by atoms with E-state index < -0.39 is 22.8 Å². The molecular weight excluding hydrogens is 296 g/mol. The van der Waals surface area contributed by atoms with Gasteiger partial charge in [-0.2, -0.15) is 11.8 Å². The number of benzene rings is 1. The van der Waals surface area contributed by atoms with Gasteiger partial charge in [0.1, 0.15) is 6.04 Å². The van der Waals surface area contributed by atoms with Crippen molar-refractivity contribution in [3.8, 4) is 0 Å². The number of nitro benzene ring substituents is 1. The molecule has 0 aliphatic rings. The minimum Gasteiger partial charge on any atom is -0.467 e. The maximum Gasteiger partial charge on any atom is 0.328 e. The number of ether oxygens (including phenoxy) is 1. The van der Waals surface area contributed by atoms with Crippen molar-refractivity contribution in [2.75, 3.05) is 19.1 Å². The van der Waals surface area contributed by atoms with Gasteiger partial charge in [-0.15, -0.1) is 0 Å². The van der Waals surface area contributed by atoms with Crippen molar-refractivity contribution < 1.29 is 19.2 Å². The number of amides is 1. The average Bonchev–Trinajstić information content (AvgIpc) is 2.50. The third-order valence-electron chi connectivity index (χ3n) is 2.74. The Morgan fingerprint density at radius 1 is 1.38 bits per heavy atom. The Kier molecular flexibility index (Phi) is 6.67. The van der Waals surface area contributed by atoms with Gasteiger partial charge in [0.2, 0.25) is 0 Å². The van der Waals surface area contributed by atoms with Gasteiger partial charge in [-0.1, -0.05) is 0 Å². The third kappa shape index (κ3) is 5.07. The van der Waals surface area contributed by atoms with Crippen LogP contribution >= 0.6 is 11.8 Å². The zero-order valence-electron chi connectivity index (χ0n) is 11.7. The maximum absolute atomic E-state index is 12.0. The van der Waals surface area contributed by atoms with Crippen LogP contribution in [0.25, 0.3) is 0 Å². The molecule has 0 aliphatic heterocycles. The van der Waals surface area contributed by atoms with Gasteiger partial charge < -0.3 is 10.1 Å². The minimum atomic E-state index is -0.731. The molecule has 0 saturated carbocycles.